The van der Waals surface area contributed by atoms with E-state index in [0.717, 1.165) is 12.0 Å². The average Bonchev–Trinajstić information content (AvgIpc) is 2.41. The van der Waals surface area contributed by atoms with Crippen molar-refractivity contribution >= 4 is 23.5 Å². The molecule has 2 rings (SSSR count). The molecular weight excluding hydrogens is 278 g/mol. The Hall–Kier alpha value is -1.55. The first-order valence-corrected chi connectivity index (χ1v) is 7.05. The van der Waals surface area contributed by atoms with Crippen LogP contribution in [-0.2, 0) is 16.0 Å². The Bertz CT molecular complexity index is 532. The van der Waals surface area contributed by atoms with Crippen molar-refractivity contribution in [2.24, 2.45) is 5.41 Å². The normalized spacial score (nSPS) is 22.6. The molecule has 1 saturated heterocycles. The maximum Gasteiger partial charge on any atom is 0.311 e. The first kappa shape index (κ1) is 14.9. The minimum absolute atomic E-state index is 0.0646. The number of hydrogen-bond acceptors (Lipinski definition) is 2. The highest BCUT2D eigenvalue weighted by Crippen LogP contribution is 2.30. The van der Waals surface area contributed by atoms with Crippen LogP contribution in [-0.4, -0.2) is 35.0 Å². The molecule has 1 N–H and O–H groups in total. The third-order valence-electron chi connectivity index (χ3n) is 3.86. The molecule has 0 aliphatic carbocycles. The third-order valence-corrected chi connectivity index (χ3v) is 4.23. The highest BCUT2D eigenvalue weighted by Gasteiger charge is 2.39. The van der Waals surface area contributed by atoms with Crippen LogP contribution in [0.4, 0.5) is 0 Å². The van der Waals surface area contributed by atoms with E-state index in [1.54, 1.807) is 17.9 Å². The van der Waals surface area contributed by atoms with E-state index in [1.807, 2.05) is 18.2 Å². The van der Waals surface area contributed by atoms with Gasteiger partial charge >= 0.3 is 5.97 Å². The number of halogens is 1. The number of likely N-dealkylation sites (tertiary alicyclic amines) is 1. The lowest BCUT2D eigenvalue weighted by atomic mass is 9.82. The van der Waals surface area contributed by atoms with Crippen LogP contribution in [0.15, 0.2) is 24.3 Å². The average molecular weight is 296 g/mol. The molecule has 20 heavy (non-hydrogen) atoms. The van der Waals surface area contributed by atoms with Crippen LogP contribution in [0.1, 0.15) is 25.3 Å². The fourth-order valence-corrected chi connectivity index (χ4v) is 2.75. The van der Waals surface area contributed by atoms with E-state index in [4.69, 9.17) is 11.6 Å². The maximum atomic E-state index is 12.3. The summed E-state index contributed by atoms with van der Waals surface area (Å²) in [5, 5.41) is 9.84. The molecule has 0 saturated carbocycles. The standard InChI is InChI=1S/C15H18ClNO3/c1-15(14(19)20)7-4-8-17(10-15)13(18)9-11-5-2-3-6-12(11)16/h2-3,5-6H,4,7-10H2,1H3,(H,19,20). The lowest BCUT2D eigenvalue weighted by Gasteiger charge is -2.37. The highest BCUT2D eigenvalue weighted by atomic mass is 35.5. The summed E-state index contributed by atoms with van der Waals surface area (Å²) in [6, 6.07) is 7.23. The molecule has 0 radical (unpaired) electrons. The van der Waals surface area contributed by atoms with Gasteiger partial charge in [0.05, 0.1) is 11.8 Å². The molecule has 1 aliphatic rings. The summed E-state index contributed by atoms with van der Waals surface area (Å²) >= 11 is 6.05. The van der Waals surface area contributed by atoms with Gasteiger partial charge in [-0.15, -0.1) is 0 Å². The van der Waals surface area contributed by atoms with E-state index in [0.29, 0.717) is 18.0 Å². The van der Waals surface area contributed by atoms with Gasteiger partial charge in [0.25, 0.3) is 0 Å². The molecule has 5 heteroatoms. The molecule has 1 aromatic rings. The van der Waals surface area contributed by atoms with Crippen LogP contribution in [0, 0.1) is 5.41 Å². The fourth-order valence-electron chi connectivity index (χ4n) is 2.54. The topological polar surface area (TPSA) is 57.6 Å². The van der Waals surface area contributed by atoms with Gasteiger partial charge in [-0.3, -0.25) is 9.59 Å². The summed E-state index contributed by atoms with van der Waals surface area (Å²) in [5.74, 6) is -0.905. The Morgan fingerprint density at radius 1 is 1.40 bits per heavy atom. The first-order chi connectivity index (χ1) is 9.42. The third kappa shape index (κ3) is 3.12. The molecule has 0 bridgehead atoms. The summed E-state index contributed by atoms with van der Waals surface area (Å²) < 4.78 is 0. The second kappa shape index (κ2) is 5.83. The molecule has 1 atom stereocenters. The van der Waals surface area contributed by atoms with Gasteiger partial charge < -0.3 is 10.0 Å². The quantitative estimate of drug-likeness (QED) is 0.932. The van der Waals surface area contributed by atoms with Crippen LogP contribution in [0.3, 0.4) is 0 Å². The smallest absolute Gasteiger partial charge is 0.311 e. The van der Waals surface area contributed by atoms with Crippen LogP contribution in [0.5, 0.6) is 0 Å². The Kier molecular flexibility index (Phi) is 4.33. The van der Waals surface area contributed by atoms with Gasteiger partial charge in [0.15, 0.2) is 0 Å². The Morgan fingerprint density at radius 3 is 2.75 bits per heavy atom. The van der Waals surface area contributed by atoms with Crippen molar-refractivity contribution < 1.29 is 14.7 Å². The number of aliphatic carboxylic acids is 1. The molecule has 0 aromatic heterocycles. The number of benzene rings is 1. The number of piperidine rings is 1. The highest BCUT2D eigenvalue weighted by molar-refractivity contribution is 6.31. The van der Waals surface area contributed by atoms with Crippen molar-refractivity contribution in [2.75, 3.05) is 13.1 Å². The number of nitrogens with zero attached hydrogens (tertiary/aromatic N) is 1. The largest absolute Gasteiger partial charge is 0.481 e. The van der Waals surface area contributed by atoms with Gasteiger partial charge in [0.1, 0.15) is 0 Å². The van der Waals surface area contributed by atoms with Crippen LogP contribution in [0.25, 0.3) is 0 Å². The van der Waals surface area contributed by atoms with E-state index < -0.39 is 11.4 Å². The van der Waals surface area contributed by atoms with Crippen LogP contribution in [0.2, 0.25) is 5.02 Å². The summed E-state index contributed by atoms with van der Waals surface area (Å²) in [4.78, 5) is 25.2. The molecular formula is C15H18ClNO3. The number of carboxylic acids is 1. The summed E-state index contributed by atoms with van der Waals surface area (Å²) in [7, 11) is 0. The van der Waals surface area contributed by atoms with E-state index >= 15 is 0 Å². The number of amides is 1. The zero-order valence-electron chi connectivity index (χ0n) is 11.4. The van der Waals surface area contributed by atoms with Crippen molar-refractivity contribution in [3.8, 4) is 0 Å². The van der Waals surface area contributed by atoms with Crippen molar-refractivity contribution in [2.45, 2.75) is 26.2 Å². The zero-order valence-corrected chi connectivity index (χ0v) is 12.2. The van der Waals surface area contributed by atoms with E-state index in [2.05, 4.69) is 0 Å². The van der Waals surface area contributed by atoms with E-state index in [1.165, 1.54) is 0 Å². The van der Waals surface area contributed by atoms with Crippen molar-refractivity contribution in [3.05, 3.63) is 34.9 Å². The summed E-state index contributed by atoms with van der Waals surface area (Å²) in [6.45, 7) is 2.59. The summed E-state index contributed by atoms with van der Waals surface area (Å²) in [5.41, 5.74) is -0.0595. The predicted octanol–water partition coefficient (Wildman–Crippen LogP) is 2.60. The summed E-state index contributed by atoms with van der Waals surface area (Å²) in [6.07, 6.45) is 1.55. The number of carboxylic acid groups (broad SMARTS) is 1. The van der Waals surface area contributed by atoms with Gasteiger partial charge in [-0.2, -0.15) is 0 Å². The molecule has 108 valence electrons. The SMILES string of the molecule is CC1(C(=O)O)CCCN(C(=O)Cc2ccccc2Cl)C1. The first-order valence-electron chi connectivity index (χ1n) is 6.67. The van der Waals surface area contributed by atoms with Crippen molar-refractivity contribution in [1.82, 2.24) is 4.90 Å². The minimum atomic E-state index is -0.840. The fraction of sp³-hybridized carbons (Fsp3) is 0.467. The lowest BCUT2D eigenvalue weighted by molar-refractivity contribution is -0.153. The number of rotatable bonds is 3. The van der Waals surface area contributed by atoms with Gasteiger partial charge in [-0.25, -0.2) is 0 Å². The molecule has 1 heterocycles. The van der Waals surface area contributed by atoms with Crippen LogP contribution >= 0.6 is 11.6 Å². The maximum absolute atomic E-state index is 12.3. The van der Waals surface area contributed by atoms with Gasteiger partial charge in [-0.05, 0) is 31.4 Å². The molecule has 4 nitrogen and oxygen atoms in total. The molecule has 1 aromatic carbocycles. The van der Waals surface area contributed by atoms with Gasteiger partial charge in [0.2, 0.25) is 5.91 Å². The molecule has 1 fully saturated rings. The molecule has 0 spiro atoms. The Labute approximate surface area is 123 Å². The predicted molar refractivity (Wildman–Crippen MR) is 76.7 cm³/mol. The zero-order chi connectivity index (χ0) is 14.8. The molecule has 1 amide bonds. The van der Waals surface area contributed by atoms with E-state index in [-0.39, 0.29) is 18.9 Å². The second-order valence-corrected chi connectivity index (χ2v) is 5.96. The lowest BCUT2D eigenvalue weighted by Crippen LogP contribution is -2.48. The Balaban J connectivity index is 2.06. The van der Waals surface area contributed by atoms with Gasteiger partial charge in [-0.1, -0.05) is 29.8 Å². The van der Waals surface area contributed by atoms with E-state index in [9.17, 15) is 14.7 Å². The molecule has 1 unspecified atom stereocenters. The number of carbonyl (C=O) groups excluding carboxylic acids is 1. The number of carbonyl (C=O) groups is 2. The molecule has 1 aliphatic heterocycles. The number of hydrogen-bond donors (Lipinski definition) is 1. The van der Waals surface area contributed by atoms with Gasteiger partial charge in [0, 0.05) is 18.1 Å². The van der Waals surface area contributed by atoms with Crippen molar-refractivity contribution in [3.63, 3.8) is 0 Å². The second-order valence-electron chi connectivity index (χ2n) is 5.55. The monoisotopic (exact) mass is 295 g/mol. The Morgan fingerprint density at radius 2 is 2.10 bits per heavy atom. The van der Waals surface area contributed by atoms with Crippen LogP contribution < -0.4 is 0 Å². The minimum Gasteiger partial charge on any atom is -0.481 e. The van der Waals surface area contributed by atoms with Crippen molar-refractivity contribution in [1.29, 1.82) is 0 Å².